The SMILES string of the molecule is C[C@@H]1C[C@@H](O)[C@H](O)[C@H](O)CN1. The second kappa shape index (κ2) is 3.49. The summed E-state index contributed by atoms with van der Waals surface area (Å²) < 4.78 is 0. The number of hydrogen-bond donors (Lipinski definition) is 4. The van der Waals surface area contributed by atoms with E-state index in [0.29, 0.717) is 13.0 Å². The van der Waals surface area contributed by atoms with Crippen molar-refractivity contribution in [1.29, 1.82) is 0 Å². The molecule has 1 heterocycles. The smallest absolute Gasteiger partial charge is 0.107 e. The molecule has 0 spiro atoms. The van der Waals surface area contributed by atoms with Gasteiger partial charge >= 0.3 is 0 Å². The van der Waals surface area contributed by atoms with Crippen molar-refractivity contribution < 1.29 is 15.3 Å². The van der Waals surface area contributed by atoms with Crippen molar-refractivity contribution in [2.75, 3.05) is 6.54 Å². The van der Waals surface area contributed by atoms with Crippen LogP contribution in [0.1, 0.15) is 13.3 Å². The Labute approximate surface area is 65.9 Å². The maximum absolute atomic E-state index is 9.25. The van der Waals surface area contributed by atoms with Gasteiger partial charge in [0.2, 0.25) is 0 Å². The van der Waals surface area contributed by atoms with Crippen LogP contribution in [0.2, 0.25) is 0 Å². The molecule has 0 saturated carbocycles. The average molecular weight is 161 g/mol. The van der Waals surface area contributed by atoms with Gasteiger partial charge < -0.3 is 20.6 Å². The normalized spacial score (nSPS) is 46.9. The number of aliphatic hydroxyl groups excluding tert-OH is 3. The minimum atomic E-state index is -1.01. The van der Waals surface area contributed by atoms with Gasteiger partial charge in [-0.15, -0.1) is 0 Å². The zero-order valence-corrected chi connectivity index (χ0v) is 6.57. The Morgan fingerprint density at radius 3 is 2.45 bits per heavy atom. The molecule has 1 aliphatic rings. The lowest BCUT2D eigenvalue weighted by Crippen LogP contribution is -2.38. The first-order valence-corrected chi connectivity index (χ1v) is 3.89. The Hall–Kier alpha value is -0.160. The number of nitrogens with one attached hydrogen (secondary N) is 1. The average Bonchev–Trinajstić information content (AvgIpc) is 2.05. The van der Waals surface area contributed by atoms with E-state index in [4.69, 9.17) is 0 Å². The van der Waals surface area contributed by atoms with E-state index in [1.165, 1.54) is 0 Å². The van der Waals surface area contributed by atoms with Crippen molar-refractivity contribution in [3.05, 3.63) is 0 Å². The fraction of sp³-hybridized carbons (Fsp3) is 1.00. The van der Waals surface area contributed by atoms with Crippen LogP contribution >= 0.6 is 0 Å². The molecule has 0 bridgehead atoms. The molecule has 0 unspecified atom stereocenters. The van der Waals surface area contributed by atoms with Crippen LogP contribution in [0.4, 0.5) is 0 Å². The third-order valence-corrected chi connectivity index (χ3v) is 2.06. The first-order chi connectivity index (χ1) is 5.11. The van der Waals surface area contributed by atoms with Gasteiger partial charge in [-0.1, -0.05) is 0 Å². The lowest BCUT2D eigenvalue weighted by molar-refractivity contribution is -0.0511. The molecule has 0 amide bonds. The van der Waals surface area contributed by atoms with Crippen LogP contribution in [0, 0.1) is 0 Å². The van der Waals surface area contributed by atoms with Crippen LogP contribution in [0.3, 0.4) is 0 Å². The third-order valence-electron chi connectivity index (χ3n) is 2.06. The Balaban J connectivity index is 2.53. The van der Waals surface area contributed by atoms with E-state index < -0.39 is 18.3 Å². The van der Waals surface area contributed by atoms with Crippen molar-refractivity contribution in [2.24, 2.45) is 0 Å². The lowest BCUT2D eigenvalue weighted by atomic mass is 10.1. The van der Waals surface area contributed by atoms with E-state index in [2.05, 4.69) is 5.32 Å². The van der Waals surface area contributed by atoms with E-state index in [9.17, 15) is 15.3 Å². The summed E-state index contributed by atoms with van der Waals surface area (Å²) in [4.78, 5) is 0. The summed E-state index contributed by atoms with van der Waals surface area (Å²) in [6.07, 6.45) is -2.18. The molecule has 1 saturated heterocycles. The van der Waals surface area contributed by atoms with Gasteiger partial charge in [-0.3, -0.25) is 0 Å². The minimum Gasteiger partial charge on any atom is -0.390 e. The van der Waals surface area contributed by atoms with E-state index in [1.54, 1.807) is 0 Å². The maximum atomic E-state index is 9.25. The predicted octanol–water partition coefficient (Wildman–Crippen LogP) is -1.55. The molecular weight excluding hydrogens is 146 g/mol. The van der Waals surface area contributed by atoms with Crippen molar-refractivity contribution in [3.63, 3.8) is 0 Å². The van der Waals surface area contributed by atoms with Crippen LogP contribution in [-0.4, -0.2) is 46.2 Å². The molecule has 0 radical (unpaired) electrons. The number of hydrogen-bond acceptors (Lipinski definition) is 4. The first-order valence-electron chi connectivity index (χ1n) is 3.89. The van der Waals surface area contributed by atoms with Gasteiger partial charge in [-0.25, -0.2) is 0 Å². The Morgan fingerprint density at radius 2 is 1.82 bits per heavy atom. The van der Waals surface area contributed by atoms with Crippen LogP contribution in [0.25, 0.3) is 0 Å². The summed E-state index contributed by atoms with van der Waals surface area (Å²) in [6.45, 7) is 2.26. The van der Waals surface area contributed by atoms with E-state index in [-0.39, 0.29) is 6.04 Å². The molecule has 4 nitrogen and oxygen atoms in total. The topological polar surface area (TPSA) is 72.7 Å². The predicted molar refractivity (Wildman–Crippen MR) is 40.1 cm³/mol. The highest BCUT2D eigenvalue weighted by Crippen LogP contribution is 2.10. The van der Waals surface area contributed by atoms with E-state index in [1.807, 2.05) is 6.92 Å². The highest BCUT2D eigenvalue weighted by molar-refractivity contribution is 4.84. The number of aliphatic hydroxyl groups is 3. The summed E-state index contributed by atoms with van der Waals surface area (Å²) >= 11 is 0. The van der Waals surface area contributed by atoms with Gasteiger partial charge in [-0.05, 0) is 13.3 Å². The van der Waals surface area contributed by atoms with Gasteiger partial charge in [0.1, 0.15) is 6.10 Å². The summed E-state index contributed by atoms with van der Waals surface area (Å²) in [5.41, 5.74) is 0. The number of β-amino-alcohol motifs (C(OH)–C–C–N with tert-alkyl or cyclic N) is 1. The molecule has 4 atom stereocenters. The quantitative estimate of drug-likeness (QED) is 0.347. The zero-order valence-electron chi connectivity index (χ0n) is 6.57. The van der Waals surface area contributed by atoms with Crippen LogP contribution in [0.5, 0.6) is 0 Å². The monoisotopic (exact) mass is 161 g/mol. The van der Waals surface area contributed by atoms with Crippen molar-refractivity contribution in [3.8, 4) is 0 Å². The Morgan fingerprint density at radius 1 is 1.18 bits per heavy atom. The summed E-state index contributed by atoms with van der Waals surface area (Å²) in [7, 11) is 0. The molecular formula is C7H15NO3. The Bertz CT molecular complexity index is 131. The molecule has 4 heteroatoms. The van der Waals surface area contributed by atoms with Gasteiger partial charge in [0.05, 0.1) is 12.2 Å². The molecule has 4 N–H and O–H groups in total. The fourth-order valence-corrected chi connectivity index (χ4v) is 1.28. The van der Waals surface area contributed by atoms with E-state index in [0.717, 1.165) is 0 Å². The van der Waals surface area contributed by atoms with Gasteiger partial charge in [-0.2, -0.15) is 0 Å². The lowest BCUT2D eigenvalue weighted by Gasteiger charge is -2.18. The van der Waals surface area contributed by atoms with Crippen LogP contribution in [0.15, 0.2) is 0 Å². The molecule has 0 aromatic carbocycles. The highest BCUT2D eigenvalue weighted by atomic mass is 16.4. The van der Waals surface area contributed by atoms with Gasteiger partial charge in [0.25, 0.3) is 0 Å². The molecule has 1 aliphatic heterocycles. The molecule has 1 rings (SSSR count). The summed E-state index contributed by atoms with van der Waals surface area (Å²) in [5.74, 6) is 0. The molecule has 11 heavy (non-hydrogen) atoms. The zero-order chi connectivity index (χ0) is 8.43. The largest absolute Gasteiger partial charge is 0.390 e. The molecule has 66 valence electrons. The maximum Gasteiger partial charge on any atom is 0.107 e. The number of rotatable bonds is 0. The van der Waals surface area contributed by atoms with Crippen molar-refractivity contribution >= 4 is 0 Å². The second-order valence-electron chi connectivity index (χ2n) is 3.17. The van der Waals surface area contributed by atoms with Gasteiger partial charge in [0.15, 0.2) is 0 Å². The molecule has 0 aromatic heterocycles. The molecule has 1 fully saturated rings. The first kappa shape index (κ1) is 8.93. The van der Waals surface area contributed by atoms with Crippen LogP contribution in [-0.2, 0) is 0 Å². The highest BCUT2D eigenvalue weighted by Gasteiger charge is 2.29. The van der Waals surface area contributed by atoms with Crippen molar-refractivity contribution in [2.45, 2.75) is 37.7 Å². The van der Waals surface area contributed by atoms with E-state index >= 15 is 0 Å². The second-order valence-corrected chi connectivity index (χ2v) is 3.17. The molecule has 0 aliphatic carbocycles. The standard InChI is InChI=1S/C7H15NO3/c1-4-2-5(9)7(11)6(10)3-8-4/h4-11H,2-3H2,1H3/t4-,5-,6-,7+/m1/s1. The minimum absolute atomic E-state index is 0.150. The summed E-state index contributed by atoms with van der Waals surface area (Å²) in [5, 5.41) is 30.6. The third kappa shape index (κ3) is 2.13. The van der Waals surface area contributed by atoms with Gasteiger partial charge in [0, 0.05) is 12.6 Å². The summed E-state index contributed by atoms with van der Waals surface area (Å²) in [6, 6.07) is 0.150. The fourth-order valence-electron chi connectivity index (χ4n) is 1.28. The molecule has 0 aromatic rings. The van der Waals surface area contributed by atoms with Crippen LogP contribution < -0.4 is 5.32 Å². The van der Waals surface area contributed by atoms with Crippen molar-refractivity contribution in [1.82, 2.24) is 5.32 Å². The Kier molecular flexibility index (Phi) is 2.84.